The topological polar surface area (TPSA) is 87.0 Å². The van der Waals surface area contributed by atoms with Crippen molar-refractivity contribution in [3.05, 3.63) is 35.9 Å². The lowest BCUT2D eigenvalue weighted by atomic mass is 10.3. The second-order valence-corrected chi connectivity index (χ2v) is 4.63. The first-order valence-corrected chi connectivity index (χ1v) is 6.76. The maximum absolute atomic E-state index is 12.9. The monoisotopic (exact) mass is 300 g/mol. The first-order chi connectivity index (χ1) is 10.7. The number of hydrogen-bond acceptors (Lipinski definition) is 7. The number of aromatic nitrogens is 3. The Bertz CT molecular complexity index is 693. The second kappa shape index (κ2) is 6.32. The number of nitrogens with one attached hydrogen (secondary N) is 1. The Morgan fingerprint density at radius 2 is 1.86 bits per heavy atom. The molecule has 1 N–H and O–H groups in total. The maximum Gasteiger partial charge on any atom is 0.238 e. The van der Waals surface area contributed by atoms with Gasteiger partial charge >= 0.3 is 0 Å². The summed E-state index contributed by atoms with van der Waals surface area (Å²) in [6.45, 7) is 2.50. The molecule has 0 amide bonds. The van der Waals surface area contributed by atoms with Gasteiger partial charge in [-0.05, 0) is 24.3 Å². The molecule has 3 rings (SSSR count). The fourth-order valence-electron chi connectivity index (χ4n) is 2.04. The van der Waals surface area contributed by atoms with Crippen LogP contribution in [0.1, 0.15) is 5.82 Å². The Morgan fingerprint density at radius 3 is 2.55 bits per heavy atom. The van der Waals surface area contributed by atoms with Crippen LogP contribution < -0.4 is 10.2 Å². The zero-order chi connectivity index (χ0) is 15.4. The van der Waals surface area contributed by atoms with Crippen molar-refractivity contribution >= 4 is 17.6 Å². The van der Waals surface area contributed by atoms with Gasteiger partial charge in [0.15, 0.2) is 0 Å². The van der Waals surface area contributed by atoms with Gasteiger partial charge in [-0.1, -0.05) is 0 Å². The molecule has 22 heavy (non-hydrogen) atoms. The molecule has 1 aromatic carbocycles. The largest absolute Gasteiger partial charge is 0.378 e. The van der Waals surface area contributed by atoms with E-state index >= 15 is 0 Å². The summed E-state index contributed by atoms with van der Waals surface area (Å²) < 4.78 is 18.2. The molecular weight excluding hydrogens is 287 g/mol. The van der Waals surface area contributed by atoms with E-state index in [4.69, 9.17) is 10.00 Å². The van der Waals surface area contributed by atoms with Crippen LogP contribution in [0.15, 0.2) is 24.3 Å². The van der Waals surface area contributed by atoms with E-state index in [2.05, 4.69) is 20.3 Å². The average Bonchev–Trinajstić information content (AvgIpc) is 2.57. The average molecular weight is 300 g/mol. The number of nitriles is 1. The van der Waals surface area contributed by atoms with Crippen LogP contribution in [0.3, 0.4) is 0 Å². The van der Waals surface area contributed by atoms with Gasteiger partial charge in [0.2, 0.25) is 17.7 Å². The molecular formula is C14H13FN6O. The summed E-state index contributed by atoms with van der Waals surface area (Å²) in [5.74, 6) is 0.383. The van der Waals surface area contributed by atoms with Gasteiger partial charge in [0, 0.05) is 18.8 Å². The molecule has 0 atom stereocenters. The molecule has 0 aliphatic carbocycles. The molecule has 0 bridgehead atoms. The molecule has 1 aliphatic rings. The van der Waals surface area contributed by atoms with Crippen LogP contribution in [0.4, 0.5) is 22.0 Å². The fourth-order valence-corrected chi connectivity index (χ4v) is 2.04. The molecule has 7 nitrogen and oxygen atoms in total. The van der Waals surface area contributed by atoms with Crippen LogP contribution in [0.25, 0.3) is 0 Å². The Kier molecular flexibility index (Phi) is 4.07. The lowest BCUT2D eigenvalue weighted by Crippen LogP contribution is -2.37. The van der Waals surface area contributed by atoms with Crippen molar-refractivity contribution in [1.29, 1.82) is 5.26 Å². The summed E-state index contributed by atoms with van der Waals surface area (Å²) in [6.07, 6.45) is 0. The summed E-state index contributed by atoms with van der Waals surface area (Å²) in [4.78, 5) is 14.4. The third-order valence-electron chi connectivity index (χ3n) is 3.12. The predicted octanol–water partition coefficient (Wildman–Crippen LogP) is 1.46. The van der Waals surface area contributed by atoms with Crippen LogP contribution in [0, 0.1) is 17.1 Å². The molecule has 1 fully saturated rings. The van der Waals surface area contributed by atoms with Crippen molar-refractivity contribution in [3.8, 4) is 6.07 Å². The van der Waals surface area contributed by atoms with Gasteiger partial charge < -0.3 is 15.0 Å². The normalized spacial score (nSPS) is 14.5. The predicted molar refractivity (Wildman–Crippen MR) is 77.3 cm³/mol. The number of halogens is 1. The van der Waals surface area contributed by atoms with Gasteiger partial charge in [-0.2, -0.15) is 20.2 Å². The van der Waals surface area contributed by atoms with Gasteiger partial charge in [-0.3, -0.25) is 0 Å². The molecule has 0 unspecified atom stereocenters. The first-order valence-electron chi connectivity index (χ1n) is 6.76. The highest BCUT2D eigenvalue weighted by Gasteiger charge is 2.16. The highest BCUT2D eigenvalue weighted by atomic mass is 19.1. The van der Waals surface area contributed by atoms with Gasteiger partial charge in [0.1, 0.15) is 11.9 Å². The minimum absolute atomic E-state index is 0.0288. The molecule has 112 valence electrons. The van der Waals surface area contributed by atoms with Gasteiger partial charge in [-0.25, -0.2) is 4.39 Å². The van der Waals surface area contributed by atoms with Crippen molar-refractivity contribution < 1.29 is 9.13 Å². The number of anilines is 3. The summed E-state index contributed by atoms with van der Waals surface area (Å²) >= 11 is 0. The summed E-state index contributed by atoms with van der Waals surface area (Å²) in [5, 5.41) is 12.0. The Morgan fingerprint density at radius 1 is 1.14 bits per heavy atom. The van der Waals surface area contributed by atoms with Crippen molar-refractivity contribution in [2.75, 3.05) is 36.5 Å². The van der Waals surface area contributed by atoms with E-state index in [1.165, 1.54) is 12.1 Å². The number of benzene rings is 1. The Labute approximate surface area is 126 Å². The Balaban J connectivity index is 1.86. The van der Waals surface area contributed by atoms with Crippen molar-refractivity contribution in [3.63, 3.8) is 0 Å². The van der Waals surface area contributed by atoms with Crippen molar-refractivity contribution in [2.45, 2.75) is 0 Å². The van der Waals surface area contributed by atoms with Gasteiger partial charge in [0.05, 0.1) is 13.2 Å². The SMILES string of the molecule is N#Cc1nc(Nc2ccc(F)cc2)nc(N2CCOCC2)n1. The summed E-state index contributed by atoms with van der Waals surface area (Å²) in [5.41, 5.74) is 0.629. The minimum Gasteiger partial charge on any atom is -0.378 e. The van der Waals surface area contributed by atoms with E-state index < -0.39 is 0 Å². The summed E-state index contributed by atoms with van der Waals surface area (Å²) in [6, 6.07) is 7.72. The molecule has 2 aromatic rings. The van der Waals surface area contributed by atoms with Crippen LogP contribution >= 0.6 is 0 Å². The summed E-state index contributed by atoms with van der Waals surface area (Å²) in [7, 11) is 0. The third-order valence-corrected chi connectivity index (χ3v) is 3.12. The number of rotatable bonds is 3. The zero-order valence-corrected chi connectivity index (χ0v) is 11.7. The minimum atomic E-state index is -0.326. The molecule has 1 aliphatic heterocycles. The van der Waals surface area contributed by atoms with Crippen molar-refractivity contribution in [1.82, 2.24) is 15.0 Å². The lowest BCUT2D eigenvalue weighted by molar-refractivity contribution is 0.122. The molecule has 0 spiro atoms. The molecule has 8 heteroatoms. The molecule has 1 saturated heterocycles. The third kappa shape index (κ3) is 3.27. The fraction of sp³-hybridized carbons (Fsp3) is 0.286. The van der Waals surface area contributed by atoms with E-state index in [1.807, 2.05) is 11.0 Å². The second-order valence-electron chi connectivity index (χ2n) is 4.63. The zero-order valence-electron chi connectivity index (χ0n) is 11.7. The smallest absolute Gasteiger partial charge is 0.238 e. The van der Waals surface area contributed by atoms with Crippen molar-refractivity contribution in [2.24, 2.45) is 0 Å². The van der Waals surface area contributed by atoms with Crippen LogP contribution in [-0.4, -0.2) is 41.3 Å². The molecule has 2 heterocycles. The molecule has 0 saturated carbocycles. The van der Waals surface area contributed by atoms with Gasteiger partial charge in [0.25, 0.3) is 0 Å². The number of ether oxygens (including phenoxy) is 1. The molecule has 0 radical (unpaired) electrons. The molecule has 1 aromatic heterocycles. The van der Waals surface area contributed by atoms with Crippen LogP contribution in [0.5, 0.6) is 0 Å². The quantitative estimate of drug-likeness (QED) is 0.918. The lowest BCUT2D eigenvalue weighted by Gasteiger charge is -2.26. The maximum atomic E-state index is 12.9. The standard InChI is InChI=1S/C14H13FN6O/c15-10-1-3-11(4-2-10)17-13-18-12(9-16)19-14(20-13)21-5-7-22-8-6-21/h1-4H,5-8H2,(H,17,18,19,20). The van der Waals surface area contributed by atoms with Gasteiger partial charge in [-0.15, -0.1) is 0 Å². The highest BCUT2D eigenvalue weighted by Crippen LogP contribution is 2.17. The number of hydrogen-bond donors (Lipinski definition) is 1. The van der Waals surface area contributed by atoms with E-state index in [0.29, 0.717) is 37.9 Å². The number of nitrogens with zero attached hydrogens (tertiary/aromatic N) is 5. The highest BCUT2D eigenvalue weighted by molar-refractivity contribution is 5.54. The van der Waals surface area contributed by atoms with Crippen LogP contribution in [0.2, 0.25) is 0 Å². The van der Waals surface area contributed by atoms with E-state index in [-0.39, 0.29) is 17.6 Å². The Hall–Kier alpha value is -2.79. The number of morpholine rings is 1. The van der Waals surface area contributed by atoms with E-state index in [0.717, 1.165) is 0 Å². The van der Waals surface area contributed by atoms with Crippen LogP contribution in [-0.2, 0) is 4.74 Å². The first kappa shape index (κ1) is 14.2. The van der Waals surface area contributed by atoms with E-state index in [1.54, 1.807) is 12.1 Å². The van der Waals surface area contributed by atoms with E-state index in [9.17, 15) is 4.39 Å².